The topological polar surface area (TPSA) is 43.4 Å². The van der Waals surface area contributed by atoms with E-state index in [1.807, 2.05) is 0 Å². The smallest absolute Gasteiger partial charge is 0.183 e. The molecule has 2 aromatic rings. The van der Waals surface area contributed by atoms with Crippen molar-refractivity contribution in [1.82, 2.24) is 0 Å². The molecule has 0 atom stereocenters. The molecule has 0 aliphatic heterocycles. The third kappa shape index (κ3) is 1.28. The van der Waals surface area contributed by atoms with Gasteiger partial charge in [-0.1, -0.05) is 0 Å². The third-order valence-electron chi connectivity index (χ3n) is 1.96. The highest BCUT2D eigenvalue weighted by atomic mass is 32.1. The number of aldehydes is 1. The summed E-state index contributed by atoms with van der Waals surface area (Å²) in [5, 5.41) is 0. The van der Waals surface area contributed by atoms with E-state index in [1.165, 1.54) is 12.5 Å². The van der Waals surface area contributed by atoms with Crippen molar-refractivity contribution in [2.45, 2.75) is 4.75 Å². The van der Waals surface area contributed by atoms with Crippen molar-refractivity contribution in [2.75, 3.05) is 0 Å². The highest BCUT2D eigenvalue weighted by Gasteiger charge is 2.35. The quantitative estimate of drug-likeness (QED) is 0.621. The largest absolute Gasteiger partial charge is 0.467 e. The molecule has 0 fully saturated rings. The van der Waals surface area contributed by atoms with Crippen LogP contribution in [-0.4, -0.2) is 6.29 Å². The average molecular weight is 208 g/mol. The van der Waals surface area contributed by atoms with Gasteiger partial charge >= 0.3 is 0 Å². The van der Waals surface area contributed by atoms with E-state index in [4.69, 9.17) is 8.83 Å². The summed E-state index contributed by atoms with van der Waals surface area (Å²) < 4.78 is 9.16. The first kappa shape index (κ1) is 9.15. The number of rotatable bonds is 3. The maximum absolute atomic E-state index is 11.0. The van der Waals surface area contributed by atoms with E-state index < -0.39 is 4.75 Å². The van der Waals surface area contributed by atoms with E-state index in [-0.39, 0.29) is 0 Å². The molecule has 2 rings (SSSR count). The molecule has 72 valence electrons. The second-order valence-electron chi connectivity index (χ2n) is 2.84. The van der Waals surface area contributed by atoms with Gasteiger partial charge in [0.2, 0.25) is 0 Å². The second-order valence-corrected chi connectivity index (χ2v) is 3.54. The number of carbonyl (C=O) groups is 1. The predicted octanol–water partition coefficient (Wildman–Crippen LogP) is 2.24. The molecular weight excluding hydrogens is 200 g/mol. The summed E-state index contributed by atoms with van der Waals surface area (Å²) in [5.74, 6) is 0.900. The Kier molecular flexibility index (Phi) is 2.21. The van der Waals surface area contributed by atoms with Crippen LogP contribution in [0.4, 0.5) is 0 Å². The van der Waals surface area contributed by atoms with Crippen molar-refractivity contribution in [1.29, 1.82) is 0 Å². The Hall–Kier alpha value is -1.42. The average Bonchev–Trinajstić information content (AvgIpc) is 2.88. The summed E-state index contributed by atoms with van der Waals surface area (Å²) in [6.45, 7) is 0. The van der Waals surface area contributed by atoms with Crippen LogP contribution in [0.25, 0.3) is 0 Å². The minimum atomic E-state index is -1.13. The van der Waals surface area contributed by atoms with Gasteiger partial charge in [0.25, 0.3) is 0 Å². The van der Waals surface area contributed by atoms with Crippen molar-refractivity contribution in [2.24, 2.45) is 0 Å². The summed E-state index contributed by atoms with van der Waals surface area (Å²) in [7, 11) is 0. The van der Waals surface area contributed by atoms with Crippen molar-refractivity contribution in [3.8, 4) is 0 Å². The van der Waals surface area contributed by atoms with E-state index in [0.717, 1.165) is 0 Å². The van der Waals surface area contributed by atoms with Gasteiger partial charge in [-0.25, -0.2) is 0 Å². The summed E-state index contributed by atoms with van der Waals surface area (Å²) >= 11 is 4.27. The molecule has 4 heteroatoms. The first-order valence-electron chi connectivity index (χ1n) is 4.04. The minimum Gasteiger partial charge on any atom is -0.467 e. The summed E-state index contributed by atoms with van der Waals surface area (Å²) in [4.78, 5) is 11.0. The normalized spacial score (nSPS) is 11.5. The molecule has 2 heterocycles. The molecule has 14 heavy (non-hydrogen) atoms. The van der Waals surface area contributed by atoms with Gasteiger partial charge in [-0.3, -0.25) is 0 Å². The molecule has 0 bridgehead atoms. The van der Waals surface area contributed by atoms with E-state index in [0.29, 0.717) is 17.8 Å². The fourth-order valence-corrected chi connectivity index (χ4v) is 1.48. The maximum atomic E-state index is 11.0. The first-order chi connectivity index (χ1) is 6.77. The van der Waals surface area contributed by atoms with Crippen molar-refractivity contribution < 1.29 is 13.6 Å². The number of hydrogen-bond donors (Lipinski definition) is 1. The zero-order valence-corrected chi connectivity index (χ0v) is 8.11. The van der Waals surface area contributed by atoms with E-state index in [2.05, 4.69) is 12.6 Å². The van der Waals surface area contributed by atoms with Gasteiger partial charge < -0.3 is 13.6 Å². The molecule has 0 aromatic carbocycles. The molecule has 0 saturated heterocycles. The highest BCUT2D eigenvalue weighted by molar-refractivity contribution is 7.82. The van der Waals surface area contributed by atoms with Crippen LogP contribution in [0.1, 0.15) is 11.5 Å². The van der Waals surface area contributed by atoms with E-state index in [1.54, 1.807) is 24.3 Å². The molecule has 3 nitrogen and oxygen atoms in total. The number of hydrogen-bond acceptors (Lipinski definition) is 4. The van der Waals surface area contributed by atoms with Gasteiger partial charge in [0.05, 0.1) is 12.5 Å². The van der Waals surface area contributed by atoms with Crippen LogP contribution in [0, 0.1) is 0 Å². The van der Waals surface area contributed by atoms with Crippen molar-refractivity contribution in [3.63, 3.8) is 0 Å². The summed E-state index contributed by atoms with van der Waals surface area (Å²) in [6, 6.07) is 6.77. The van der Waals surface area contributed by atoms with Gasteiger partial charge in [-0.05, 0) is 24.3 Å². The lowest BCUT2D eigenvalue weighted by Gasteiger charge is -2.15. The van der Waals surface area contributed by atoms with Gasteiger partial charge in [0.1, 0.15) is 11.5 Å². The lowest BCUT2D eigenvalue weighted by molar-refractivity contribution is -0.109. The molecular formula is C10H8O3S. The van der Waals surface area contributed by atoms with Crippen LogP contribution < -0.4 is 0 Å². The third-order valence-corrected chi connectivity index (χ3v) is 2.51. The monoisotopic (exact) mass is 208 g/mol. The first-order valence-corrected chi connectivity index (χ1v) is 4.49. The van der Waals surface area contributed by atoms with Crippen LogP contribution in [0.2, 0.25) is 0 Å². The molecule has 0 unspecified atom stereocenters. The molecule has 0 spiro atoms. The van der Waals surface area contributed by atoms with Gasteiger partial charge in [0, 0.05) is 0 Å². The Balaban J connectivity index is 2.51. The second kappa shape index (κ2) is 3.38. The van der Waals surface area contributed by atoms with Crippen LogP contribution in [0.15, 0.2) is 45.6 Å². The molecule has 0 amide bonds. The van der Waals surface area contributed by atoms with Crippen LogP contribution >= 0.6 is 12.6 Å². The molecule has 0 N–H and O–H groups in total. The lowest BCUT2D eigenvalue weighted by Crippen LogP contribution is -2.20. The van der Waals surface area contributed by atoms with Gasteiger partial charge in [0.15, 0.2) is 11.0 Å². The Labute approximate surface area is 86.1 Å². The Morgan fingerprint density at radius 3 is 1.93 bits per heavy atom. The zero-order chi connectivity index (χ0) is 10.0. The van der Waals surface area contributed by atoms with E-state index >= 15 is 0 Å². The summed E-state index contributed by atoms with van der Waals surface area (Å²) in [5.41, 5.74) is 0. The standard InChI is InChI=1S/C10H8O3S/c11-7-10(14,8-3-1-5-12-8)9-4-2-6-13-9/h1-7,14H. The predicted molar refractivity (Wildman–Crippen MR) is 53.2 cm³/mol. The number of carbonyl (C=O) groups excluding carboxylic acids is 1. The SMILES string of the molecule is O=CC(S)(c1ccco1)c1ccco1. The Morgan fingerprint density at radius 1 is 1.14 bits per heavy atom. The molecule has 0 aliphatic rings. The van der Waals surface area contributed by atoms with Gasteiger partial charge in [-0.15, -0.1) is 12.6 Å². The van der Waals surface area contributed by atoms with Crippen molar-refractivity contribution in [3.05, 3.63) is 48.3 Å². The van der Waals surface area contributed by atoms with Crippen molar-refractivity contribution >= 4 is 18.9 Å². The van der Waals surface area contributed by atoms with Crippen LogP contribution in [0.3, 0.4) is 0 Å². The van der Waals surface area contributed by atoms with Crippen LogP contribution in [0.5, 0.6) is 0 Å². The summed E-state index contributed by atoms with van der Waals surface area (Å²) in [6.07, 6.45) is 3.67. The number of thiol groups is 1. The maximum Gasteiger partial charge on any atom is 0.183 e. The lowest BCUT2D eigenvalue weighted by atomic mass is 10.0. The molecule has 0 aliphatic carbocycles. The minimum absolute atomic E-state index is 0.450. The molecule has 0 saturated carbocycles. The molecule has 2 aromatic heterocycles. The zero-order valence-electron chi connectivity index (χ0n) is 7.21. The van der Waals surface area contributed by atoms with Crippen LogP contribution in [-0.2, 0) is 9.54 Å². The Bertz CT molecular complexity index is 368. The fourth-order valence-electron chi connectivity index (χ4n) is 1.23. The Morgan fingerprint density at radius 2 is 1.64 bits per heavy atom. The van der Waals surface area contributed by atoms with E-state index in [9.17, 15) is 4.79 Å². The number of furan rings is 2. The highest BCUT2D eigenvalue weighted by Crippen LogP contribution is 2.34. The molecule has 0 radical (unpaired) electrons. The van der Waals surface area contributed by atoms with Gasteiger partial charge in [-0.2, -0.15) is 0 Å². The fraction of sp³-hybridized carbons (Fsp3) is 0.100.